The van der Waals surface area contributed by atoms with E-state index in [0.717, 1.165) is 17.2 Å². The minimum absolute atomic E-state index is 0.0644. The van der Waals surface area contributed by atoms with Gasteiger partial charge in [0.1, 0.15) is 11.9 Å². The fourth-order valence-electron chi connectivity index (χ4n) is 3.67. The number of aliphatic carboxylic acids is 1. The van der Waals surface area contributed by atoms with Gasteiger partial charge in [-0.25, -0.2) is 0 Å². The second-order valence-corrected chi connectivity index (χ2v) is 6.91. The SMILES string of the molecule is O=C(O)C1CC1c1ccc(O[C@@H]2CCc3cc(C(F)(F)F)ccc32)cc1. The lowest BCUT2D eigenvalue weighted by Gasteiger charge is -2.16. The maximum atomic E-state index is 12.8. The number of aryl methyl sites for hydroxylation is 1. The van der Waals surface area contributed by atoms with Gasteiger partial charge in [-0.15, -0.1) is 0 Å². The van der Waals surface area contributed by atoms with Crippen molar-refractivity contribution in [3.05, 3.63) is 64.7 Å². The van der Waals surface area contributed by atoms with E-state index in [0.29, 0.717) is 30.6 Å². The van der Waals surface area contributed by atoms with Gasteiger partial charge in [-0.2, -0.15) is 13.2 Å². The standard InChI is InChI=1S/C20H17F3O3/c21-20(22,23)13-4-7-15-12(9-13)3-8-18(15)26-14-5-1-11(2-6-14)16-10-17(16)19(24)25/h1-2,4-7,9,16-18H,3,8,10H2,(H,24,25)/t16?,17?,18-/m1/s1. The summed E-state index contributed by atoms with van der Waals surface area (Å²) < 4.78 is 44.4. The molecule has 0 radical (unpaired) electrons. The van der Waals surface area contributed by atoms with Crippen molar-refractivity contribution in [3.8, 4) is 5.75 Å². The Hall–Kier alpha value is -2.50. The number of carboxylic acid groups (broad SMARTS) is 1. The Labute approximate surface area is 148 Å². The number of alkyl halides is 3. The van der Waals surface area contributed by atoms with Crippen molar-refractivity contribution < 1.29 is 27.8 Å². The summed E-state index contributed by atoms with van der Waals surface area (Å²) in [5, 5.41) is 9.00. The predicted molar refractivity (Wildman–Crippen MR) is 88.1 cm³/mol. The number of benzene rings is 2. The third-order valence-electron chi connectivity index (χ3n) is 5.19. The van der Waals surface area contributed by atoms with Crippen LogP contribution in [0.4, 0.5) is 13.2 Å². The molecule has 4 rings (SSSR count). The molecule has 2 aliphatic rings. The molecule has 136 valence electrons. The fraction of sp³-hybridized carbons (Fsp3) is 0.350. The van der Waals surface area contributed by atoms with Gasteiger partial charge in [-0.05, 0) is 66.1 Å². The largest absolute Gasteiger partial charge is 0.486 e. The van der Waals surface area contributed by atoms with Gasteiger partial charge in [-0.1, -0.05) is 18.2 Å². The zero-order valence-electron chi connectivity index (χ0n) is 13.8. The number of ether oxygens (including phenoxy) is 1. The fourth-order valence-corrected chi connectivity index (χ4v) is 3.67. The molecule has 3 nitrogen and oxygen atoms in total. The van der Waals surface area contributed by atoms with Gasteiger partial charge in [0.25, 0.3) is 0 Å². The summed E-state index contributed by atoms with van der Waals surface area (Å²) in [4.78, 5) is 11.0. The zero-order valence-corrected chi connectivity index (χ0v) is 13.8. The molecule has 1 saturated carbocycles. The molecule has 0 amide bonds. The van der Waals surface area contributed by atoms with Crippen molar-refractivity contribution in [1.29, 1.82) is 0 Å². The molecule has 3 atom stereocenters. The van der Waals surface area contributed by atoms with Crippen LogP contribution in [-0.4, -0.2) is 11.1 Å². The van der Waals surface area contributed by atoms with Crippen molar-refractivity contribution in [2.24, 2.45) is 5.92 Å². The van der Waals surface area contributed by atoms with E-state index in [1.54, 1.807) is 12.1 Å². The van der Waals surface area contributed by atoms with Gasteiger partial charge in [0, 0.05) is 0 Å². The predicted octanol–water partition coefficient (Wildman–Crippen LogP) is 4.96. The summed E-state index contributed by atoms with van der Waals surface area (Å²) in [5.41, 5.74) is 1.84. The lowest BCUT2D eigenvalue weighted by Crippen LogP contribution is -2.07. The molecule has 0 spiro atoms. The first-order chi connectivity index (χ1) is 12.3. The van der Waals surface area contributed by atoms with Crippen LogP contribution in [0.1, 0.15) is 47.1 Å². The summed E-state index contributed by atoms with van der Waals surface area (Å²) in [6, 6.07) is 11.1. The summed E-state index contributed by atoms with van der Waals surface area (Å²) in [7, 11) is 0. The second kappa shape index (κ2) is 6.04. The third-order valence-corrected chi connectivity index (χ3v) is 5.19. The molecule has 2 aromatic carbocycles. The number of halogens is 3. The summed E-state index contributed by atoms with van der Waals surface area (Å²) in [6.45, 7) is 0. The molecule has 2 aromatic rings. The molecule has 0 bridgehead atoms. The molecule has 2 unspecified atom stereocenters. The molecule has 0 aromatic heterocycles. The summed E-state index contributed by atoms with van der Waals surface area (Å²) >= 11 is 0. The van der Waals surface area contributed by atoms with E-state index in [-0.39, 0.29) is 17.9 Å². The van der Waals surface area contributed by atoms with E-state index < -0.39 is 17.7 Å². The van der Waals surface area contributed by atoms with E-state index in [2.05, 4.69) is 0 Å². The number of hydrogen-bond acceptors (Lipinski definition) is 2. The average Bonchev–Trinajstić information content (AvgIpc) is 3.31. The number of hydrogen-bond donors (Lipinski definition) is 1. The van der Waals surface area contributed by atoms with E-state index >= 15 is 0 Å². The van der Waals surface area contributed by atoms with Crippen LogP contribution in [0.5, 0.6) is 5.75 Å². The highest BCUT2D eigenvalue weighted by atomic mass is 19.4. The molecule has 1 fully saturated rings. The van der Waals surface area contributed by atoms with Crippen LogP contribution in [0.3, 0.4) is 0 Å². The Kier molecular flexibility index (Phi) is 3.93. The molecule has 1 N–H and O–H groups in total. The zero-order chi connectivity index (χ0) is 18.5. The highest BCUT2D eigenvalue weighted by Crippen LogP contribution is 2.48. The highest BCUT2D eigenvalue weighted by Gasteiger charge is 2.44. The van der Waals surface area contributed by atoms with Crippen molar-refractivity contribution in [2.45, 2.75) is 37.5 Å². The molecule has 2 aliphatic carbocycles. The van der Waals surface area contributed by atoms with Crippen LogP contribution < -0.4 is 4.74 Å². The molecule has 6 heteroatoms. The first-order valence-corrected chi connectivity index (χ1v) is 8.52. The maximum Gasteiger partial charge on any atom is 0.416 e. The number of rotatable bonds is 4. The Morgan fingerprint density at radius 2 is 1.85 bits per heavy atom. The molecule has 0 heterocycles. The quantitative estimate of drug-likeness (QED) is 0.836. The molecule has 0 saturated heterocycles. The van der Waals surface area contributed by atoms with Gasteiger partial charge in [-0.3, -0.25) is 4.79 Å². The average molecular weight is 362 g/mol. The van der Waals surface area contributed by atoms with Gasteiger partial charge < -0.3 is 9.84 Å². The third kappa shape index (κ3) is 3.16. The lowest BCUT2D eigenvalue weighted by atomic mass is 10.1. The highest BCUT2D eigenvalue weighted by molar-refractivity contribution is 5.75. The Balaban J connectivity index is 1.46. The van der Waals surface area contributed by atoms with Crippen molar-refractivity contribution in [1.82, 2.24) is 0 Å². The summed E-state index contributed by atoms with van der Waals surface area (Å²) in [5.74, 6) is -0.365. The van der Waals surface area contributed by atoms with E-state index in [1.165, 1.54) is 12.1 Å². The van der Waals surface area contributed by atoms with Gasteiger partial charge in [0.15, 0.2) is 0 Å². The van der Waals surface area contributed by atoms with Crippen LogP contribution in [0.15, 0.2) is 42.5 Å². The Morgan fingerprint density at radius 1 is 1.12 bits per heavy atom. The summed E-state index contributed by atoms with van der Waals surface area (Å²) in [6.07, 6.45) is -2.73. The second-order valence-electron chi connectivity index (χ2n) is 6.91. The number of fused-ring (bicyclic) bond motifs is 1. The minimum atomic E-state index is -4.33. The monoisotopic (exact) mass is 362 g/mol. The first-order valence-electron chi connectivity index (χ1n) is 8.52. The van der Waals surface area contributed by atoms with E-state index in [9.17, 15) is 18.0 Å². The maximum absolute atomic E-state index is 12.8. The van der Waals surface area contributed by atoms with E-state index in [4.69, 9.17) is 9.84 Å². The lowest BCUT2D eigenvalue weighted by molar-refractivity contribution is -0.139. The van der Waals surface area contributed by atoms with Crippen molar-refractivity contribution in [3.63, 3.8) is 0 Å². The van der Waals surface area contributed by atoms with Gasteiger partial charge >= 0.3 is 12.1 Å². The van der Waals surface area contributed by atoms with Crippen molar-refractivity contribution in [2.75, 3.05) is 0 Å². The van der Waals surface area contributed by atoms with Crippen LogP contribution in [0.25, 0.3) is 0 Å². The van der Waals surface area contributed by atoms with Crippen LogP contribution in [-0.2, 0) is 17.4 Å². The normalized spacial score (nSPS) is 24.2. The first kappa shape index (κ1) is 16.9. The van der Waals surface area contributed by atoms with Crippen LogP contribution in [0, 0.1) is 5.92 Å². The molecular weight excluding hydrogens is 345 g/mol. The molecular formula is C20H17F3O3. The number of carbonyl (C=O) groups is 1. The van der Waals surface area contributed by atoms with Crippen LogP contribution >= 0.6 is 0 Å². The van der Waals surface area contributed by atoms with Gasteiger partial charge in [0.05, 0.1) is 11.5 Å². The van der Waals surface area contributed by atoms with Crippen LogP contribution in [0.2, 0.25) is 0 Å². The minimum Gasteiger partial charge on any atom is -0.486 e. The Morgan fingerprint density at radius 3 is 2.46 bits per heavy atom. The van der Waals surface area contributed by atoms with Crippen molar-refractivity contribution >= 4 is 5.97 Å². The topological polar surface area (TPSA) is 46.5 Å². The van der Waals surface area contributed by atoms with E-state index in [1.807, 2.05) is 12.1 Å². The molecule has 26 heavy (non-hydrogen) atoms. The number of carboxylic acids is 1. The smallest absolute Gasteiger partial charge is 0.416 e. The van der Waals surface area contributed by atoms with Gasteiger partial charge in [0.2, 0.25) is 0 Å². The molecule has 0 aliphatic heterocycles. The Bertz CT molecular complexity index is 842.